The van der Waals surface area contributed by atoms with Crippen LogP contribution in [0.1, 0.15) is 10.4 Å². The molecule has 0 aliphatic carbocycles. The third-order valence-electron chi connectivity index (χ3n) is 4.30. The topological polar surface area (TPSA) is 84.3 Å². The minimum Gasteiger partial charge on any atom is -0.496 e. The summed E-state index contributed by atoms with van der Waals surface area (Å²) in [6.45, 7) is 0. The molecule has 0 radical (unpaired) electrons. The Morgan fingerprint density at radius 3 is 2.62 bits per heavy atom. The summed E-state index contributed by atoms with van der Waals surface area (Å²) in [4.78, 5) is 20.9. The number of carboxylic acids is 1. The molecule has 0 saturated carbocycles. The third kappa shape index (κ3) is 3.72. The average Bonchev–Trinajstić information content (AvgIpc) is 3.15. The van der Waals surface area contributed by atoms with E-state index in [1.54, 1.807) is 0 Å². The molecule has 0 fully saturated rings. The van der Waals surface area contributed by atoms with E-state index >= 15 is 0 Å². The largest absolute Gasteiger partial charge is 0.496 e. The van der Waals surface area contributed by atoms with Crippen molar-refractivity contribution in [1.82, 2.24) is 9.97 Å². The van der Waals surface area contributed by atoms with Crippen molar-refractivity contribution in [3.05, 3.63) is 63.7 Å². The van der Waals surface area contributed by atoms with Gasteiger partial charge in [0.15, 0.2) is 0 Å². The van der Waals surface area contributed by atoms with Crippen LogP contribution in [0.5, 0.6) is 5.75 Å². The van der Waals surface area contributed by atoms with Gasteiger partial charge in [-0.3, -0.25) is 0 Å². The van der Waals surface area contributed by atoms with Gasteiger partial charge >= 0.3 is 5.97 Å². The Labute approximate surface area is 179 Å². The first kappa shape index (κ1) is 19.4. The van der Waals surface area contributed by atoms with Crippen LogP contribution >= 0.6 is 34.5 Å². The van der Waals surface area contributed by atoms with Crippen LogP contribution in [0.3, 0.4) is 0 Å². The zero-order chi connectivity index (χ0) is 20.5. The number of hydrogen-bond acceptors (Lipinski definition) is 6. The van der Waals surface area contributed by atoms with Crippen molar-refractivity contribution in [2.75, 3.05) is 12.4 Å². The summed E-state index contributed by atoms with van der Waals surface area (Å²) in [5.41, 5.74) is 2.38. The van der Waals surface area contributed by atoms with E-state index in [0.717, 1.165) is 21.3 Å². The number of hydrogen-bond donors (Lipinski definition) is 2. The summed E-state index contributed by atoms with van der Waals surface area (Å²) in [5.74, 6) is -0.381. The molecule has 29 heavy (non-hydrogen) atoms. The number of methoxy groups -OCH3 is 1. The molecule has 0 amide bonds. The number of carboxylic acid groups (broad SMARTS) is 1. The minimum atomic E-state index is -1.12. The molecule has 0 atom stereocenters. The number of nitrogens with one attached hydrogen (secondary N) is 1. The highest BCUT2D eigenvalue weighted by atomic mass is 35.5. The molecule has 0 unspecified atom stereocenters. The summed E-state index contributed by atoms with van der Waals surface area (Å²) in [5, 5.41) is 16.2. The molecule has 6 nitrogen and oxygen atoms in total. The second-order valence-electron chi connectivity index (χ2n) is 6.02. The van der Waals surface area contributed by atoms with Gasteiger partial charge in [0.25, 0.3) is 0 Å². The highest BCUT2D eigenvalue weighted by molar-refractivity contribution is 7.17. The van der Waals surface area contributed by atoms with Crippen molar-refractivity contribution >= 4 is 62.2 Å². The predicted molar refractivity (Wildman–Crippen MR) is 116 cm³/mol. The second kappa shape index (κ2) is 7.87. The lowest BCUT2D eigenvalue weighted by molar-refractivity contribution is 0.0693. The monoisotopic (exact) mass is 445 g/mol. The SMILES string of the molecule is COc1cc(Nc2ncnc3scc(-c4ccc(Cl)cc4)c23)c(Cl)cc1C(=O)O. The summed E-state index contributed by atoms with van der Waals surface area (Å²) >= 11 is 13.8. The molecule has 0 saturated heterocycles. The third-order valence-corrected chi connectivity index (χ3v) is 5.75. The molecule has 2 N–H and O–H groups in total. The Kier molecular flexibility index (Phi) is 5.27. The standard InChI is InChI=1S/C20H13Cl2N3O3S/c1-28-16-7-15(14(22)6-12(16)20(26)27)25-18-17-13(8-29-19(17)24-9-23-18)10-2-4-11(21)5-3-10/h2-9H,1H3,(H,26,27)(H,23,24,25). The number of thiophene rings is 1. The fourth-order valence-corrected chi connectivity index (χ4v) is 4.18. The molecule has 2 heterocycles. The highest BCUT2D eigenvalue weighted by Gasteiger charge is 2.18. The van der Waals surface area contributed by atoms with Gasteiger partial charge < -0.3 is 15.2 Å². The van der Waals surface area contributed by atoms with Crippen LogP contribution in [0, 0.1) is 0 Å². The number of carbonyl (C=O) groups is 1. The van der Waals surface area contributed by atoms with Crippen LogP contribution in [0.15, 0.2) is 48.1 Å². The van der Waals surface area contributed by atoms with Gasteiger partial charge in [-0.2, -0.15) is 0 Å². The van der Waals surface area contributed by atoms with E-state index in [1.807, 2.05) is 29.6 Å². The lowest BCUT2D eigenvalue weighted by Crippen LogP contribution is -2.03. The van der Waals surface area contributed by atoms with Gasteiger partial charge in [-0.05, 0) is 23.8 Å². The Morgan fingerprint density at radius 1 is 1.17 bits per heavy atom. The van der Waals surface area contributed by atoms with Gasteiger partial charge in [0.1, 0.15) is 28.3 Å². The molecule has 0 spiro atoms. The number of aromatic carboxylic acids is 1. The molecule has 0 bridgehead atoms. The van der Waals surface area contributed by atoms with E-state index in [1.165, 1.54) is 36.9 Å². The van der Waals surface area contributed by atoms with Crippen LogP contribution < -0.4 is 10.1 Å². The summed E-state index contributed by atoms with van der Waals surface area (Å²) in [6.07, 6.45) is 1.46. The molecule has 4 rings (SSSR count). The fraction of sp³-hybridized carbons (Fsp3) is 0.0500. The predicted octanol–water partition coefficient (Wildman–Crippen LogP) is 6.12. The summed E-state index contributed by atoms with van der Waals surface area (Å²) in [6, 6.07) is 10.4. The normalized spacial score (nSPS) is 10.9. The van der Waals surface area contributed by atoms with Gasteiger partial charge in [-0.15, -0.1) is 11.3 Å². The fourth-order valence-electron chi connectivity index (χ4n) is 2.92. The number of halogens is 2. The van der Waals surface area contributed by atoms with Crippen LogP contribution in [-0.4, -0.2) is 28.2 Å². The van der Waals surface area contributed by atoms with Gasteiger partial charge in [0, 0.05) is 22.0 Å². The van der Waals surface area contributed by atoms with E-state index in [0.29, 0.717) is 16.5 Å². The van der Waals surface area contributed by atoms with Crippen LogP contribution in [0.25, 0.3) is 21.3 Å². The maximum absolute atomic E-state index is 11.4. The van der Waals surface area contributed by atoms with Crippen molar-refractivity contribution in [3.63, 3.8) is 0 Å². The quantitative estimate of drug-likeness (QED) is 0.385. The molecule has 0 aliphatic heterocycles. The van der Waals surface area contributed by atoms with Gasteiger partial charge in [-0.25, -0.2) is 14.8 Å². The number of fused-ring (bicyclic) bond motifs is 1. The number of benzene rings is 2. The Morgan fingerprint density at radius 2 is 1.93 bits per heavy atom. The van der Waals surface area contributed by atoms with Crippen LogP contribution in [0.4, 0.5) is 11.5 Å². The number of aromatic nitrogens is 2. The number of rotatable bonds is 5. The maximum atomic E-state index is 11.4. The van der Waals surface area contributed by atoms with Crippen molar-refractivity contribution in [1.29, 1.82) is 0 Å². The lowest BCUT2D eigenvalue weighted by Gasteiger charge is -2.13. The van der Waals surface area contributed by atoms with E-state index < -0.39 is 5.97 Å². The van der Waals surface area contributed by atoms with E-state index in [9.17, 15) is 9.90 Å². The lowest BCUT2D eigenvalue weighted by atomic mass is 10.1. The van der Waals surface area contributed by atoms with Crippen molar-refractivity contribution in [2.45, 2.75) is 0 Å². The molecule has 146 valence electrons. The highest BCUT2D eigenvalue weighted by Crippen LogP contribution is 2.39. The van der Waals surface area contributed by atoms with Crippen molar-refractivity contribution < 1.29 is 14.6 Å². The maximum Gasteiger partial charge on any atom is 0.339 e. The smallest absolute Gasteiger partial charge is 0.339 e. The number of ether oxygens (including phenoxy) is 1. The Balaban J connectivity index is 1.82. The number of anilines is 2. The van der Waals surface area contributed by atoms with E-state index in [4.69, 9.17) is 27.9 Å². The van der Waals surface area contributed by atoms with Gasteiger partial charge in [0.2, 0.25) is 0 Å². The molecule has 4 aromatic rings. The molecule has 0 aliphatic rings. The Bertz CT molecular complexity index is 1230. The van der Waals surface area contributed by atoms with Crippen molar-refractivity contribution in [2.24, 2.45) is 0 Å². The van der Waals surface area contributed by atoms with Crippen molar-refractivity contribution in [3.8, 4) is 16.9 Å². The van der Waals surface area contributed by atoms with Crippen LogP contribution in [0.2, 0.25) is 10.0 Å². The molecular weight excluding hydrogens is 433 g/mol. The molecule has 2 aromatic carbocycles. The first-order chi connectivity index (χ1) is 14.0. The zero-order valence-electron chi connectivity index (χ0n) is 14.9. The molecular formula is C20H13Cl2N3O3S. The number of nitrogens with zero attached hydrogens (tertiary/aromatic N) is 2. The van der Waals surface area contributed by atoms with E-state index in [2.05, 4.69) is 15.3 Å². The minimum absolute atomic E-state index is 0.0201. The zero-order valence-corrected chi connectivity index (χ0v) is 17.3. The average molecular weight is 446 g/mol. The summed E-state index contributed by atoms with van der Waals surface area (Å²) < 4.78 is 5.19. The second-order valence-corrected chi connectivity index (χ2v) is 7.72. The van der Waals surface area contributed by atoms with E-state index in [-0.39, 0.29) is 16.3 Å². The molecule has 2 aromatic heterocycles. The van der Waals surface area contributed by atoms with Crippen LogP contribution in [-0.2, 0) is 0 Å². The first-order valence-electron chi connectivity index (χ1n) is 8.34. The first-order valence-corrected chi connectivity index (χ1v) is 9.97. The van der Waals surface area contributed by atoms with Gasteiger partial charge in [0.05, 0.1) is 23.2 Å². The summed E-state index contributed by atoms with van der Waals surface area (Å²) in [7, 11) is 1.40. The Hall–Kier alpha value is -2.87. The van der Waals surface area contributed by atoms with Gasteiger partial charge in [-0.1, -0.05) is 35.3 Å². The molecule has 9 heteroatoms.